The van der Waals surface area contributed by atoms with Crippen molar-refractivity contribution < 1.29 is 0 Å². The van der Waals surface area contributed by atoms with Gasteiger partial charge in [0.05, 0.1) is 0 Å². The summed E-state index contributed by atoms with van der Waals surface area (Å²) in [6.45, 7) is 6.83. The van der Waals surface area contributed by atoms with Gasteiger partial charge in [-0.1, -0.05) is 36.8 Å². The molecule has 1 heterocycles. The quantitative estimate of drug-likeness (QED) is 0.716. The maximum absolute atomic E-state index is 3.45. The van der Waals surface area contributed by atoms with Crippen LogP contribution in [0.15, 0.2) is 24.3 Å². The van der Waals surface area contributed by atoms with E-state index in [1.54, 1.807) is 0 Å². The standard InChI is InChI=1S/C13H19N/c1-10-3-5-12(6-4-10)13-7-8-14-9-11(13)2/h3-6,11,13-14H,7-9H2,1-2H3/t11-,13+/m0/s1. The Kier molecular flexibility index (Phi) is 2.87. The highest BCUT2D eigenvalue weighted by Crippen LogP contribution is 2.29. The first-order chi connectivity index (χ1) is 6.77. The molecule has 1 aromatic rings. The zero-order valence-electron chi connectivity index (χ0n) is 9.09. The second-order valence-electron chi connectivity index (χ2n) is 4.49. The lowest BCUT2D eigenvalue weighted by Crippen LogP contribution is -2.33. The van der Waals surface area contributed by atoms with Crippen LogP contribution in [-0.4, -0.2) is 13.1 Å². The summed E-state index contributed by atoms with van der Waals surface area (Å²) in [7, 11) is 0. The highest BCUT2D eigenvalue weighted by molar-refractivity contribution is 5.25. The van der Waals surface area contributed by atoms with E-state index < -0.39 is 0 Å². The molecular formula is C13H19N. The molecule has 1 aromatic carbocycles. The molecule has 0 unspecified atom stereocenters. The van der Waals surface area contributed by atoms with Crippen LogP contribution in [-0.2, 0) is 0 Å². The monoisotopic (exact) mass is 189 g/mol. The van der Waals surface area contributed by atoms with E-state index in [0.717, 1.165) is 11.8 Å². The van der Waals surface area contributed by atoms with Gasteiger partial charge < -0.3 is 5.32 Å². The maximum atomic E-state index is 3.45. The molecule has 1 heteroatoms. The SMILES string of the molecule is Cc1ccc([C@@H]2CCNC[C@@H]2C)cc1. The Labute approximate surface area is 86.5 Å². The fourth-order valence-electron chi connectivity index (χ4n) is 2.32. The van der Waals surface area contributed by atoms with Gasteiger partial charge in [-0.05, 0) is 43.8 Å². The van der Waals surface area contributed by atoms with Crippen LogP contribution in [0.3, 0.4) is 0 Å². The number of benzene rings is 1. The lowest BCUT2D eigenvalue weighted by Gasteiger charge is -2.29. The molecule has 76 valence electrons. The van der Waals surface area contributed by atoms with Crippen LogP contribution < -0.4 is 5.32 Å². The molecule has 1 aliphatic rings. The minimum absolute atomic E-state index is 0.761. The van der Waals surface area contributed by atoms with Gasteiger partial charge in [0.1, 0.15) is 0 Å². The van der Waals surface area contributed by atoms with Gasteiger partial charge in [-0.3, -0.25) is 0 Å². The van der Waals surface area contributed by atoms with Crippen LogP contribution in [0.1, 0.15) is 30.4 Å². The molecular weight excluding hydrogens is 170 g/mol. The maximum Gasteiger partial charge on any atom is -0.00173 e. The van der Waals surface area contributed by atoms with Crippen LogP contribution in [0, 0.1) is 12.8 Å². The third-order valence-corrected chi connectivity index (χ3v) is 3.29. The molecule has 1 fully saturated rings. The highest BCUT2D eigenvalue weighted by atomic mass is 14.9. The molecule has 0 spiro atoms. The zero-order valence-corrected chi connectivity index (χ0v) is 9.09. The van der Waals surface area contributed by atoms with E-state index in [0.29, 0.717) is 0 Å². The van der Waals surface area contributed by atoms with Gasteiger partial charge in [0.2, 0.25) is 0 Å². The van der Waals surface area contributed by atoms with Gasteiger partial charge >= 0.3 is 0 Å². The third-order valence-electron chi connectivity index (χ3n) is 3.29. The summed E-state index contributed by atoms with van der Waals surface area (Å²) >= 11 is 0. The Hall–Kier alpha value is -0.820. The van der Waals surface area contributed by atoms with Crippen molar-refractivity contribution in [2.24, 2.45) is 5.92 Å². The summed E-state index contributed by atoms with van der Waals surface area (Å²) in [6.07, 6.45) is 1.28. The number of hydrogen-bond donors (Lipinski definition) is 1. The molecule has 1 nitrogen and oxygen atoms in total. The first kappa shape index (κ1) is 9.72. The largest absolute Gasteiger partial charge is 0.316 e. The third kappa shape index (κ3) is 1.98. The van der Waals surface area contributed by atoms with Crippen molar-refractivity contribution in [1.82, 2.24) is 5.32 Å². The Morgan fingerprint density at radius 1 is 1.21 bits per heavy atom. The van der Waals surface area contributed by atoms with Gasteiger partial charge in [0.15, 0.2) is 0 Å². The average Bonchev–Trinajstić information content (AvgIpc) is 2.20. The summed E-state index contributed by atoms with van der Waals surface area (Å²) in [5, 5.41) is 3.45. The minimum Gasteiger partial charge on any atom is -0.316 e. The van der Waals surface area contributed by atoms with Gasteiger partial charge in [-0.2, -0.15) is 0 Å². The molecule has 0 aliphatic carbocycles. The number of aryl methyl sites for hydroxylation is 1. The molecule has 1 saturated heterocycles. The van der Waals surface area contributed by atoms with Crippen molar-refractivity contribution in [3.63, 3.8) is 0 Å². The van der Waals surface area contributed by atoms with Crippen LogP contribution in [0.2, 0.25) is 0 Å². The van der Waals surface area contributed by atoms with Crippen molar-refractivity contribution in [1.29, 1.82) is 0 Å². The van der Waals surface area contributed by atoms with Crippen molar-refractivity contribution in [2.45, 2.75) is 26.2 Å². The summed E-state index contributed by atoms with van der Waals surface area (Å²) < 4.78 is 0. The van der Waals surface area contributed by atoms with Crippen LogP contribution in [0.25, 0.3) is 0 Å². The highest BCUT2D eigenvalue weighted by Gasteiger charge is 2.21. The molecule has 2 atom stereocenters. The fraction of sp³-hybridized carbons (Fsp3) is 0.538. The van der Waals surface area contributed by atoms with E-state index >= 15 is 0 Å². The molecule has 1 N–H and O–H groups in total. The normalized spacial score (nSPS) is 27.6. The van der Waals surface area contributed by atoms with Crippen LogP contribution in [0.4, 0.5) is 0 Å². The smallest absolute Gasteiger partial charge is 0.00173 e. The molecule has 0 aromatic heterocycles. The summed E-state index contributed by atoms with van der Waals surface area (Å²) in [5.74, 6) is 1.53. The number of hydrogen-bond acceptors (Lipinski definition) is 1. The fourth-order valence-corrected chi connectivity index (χ4v) is 2.32. The van der Waals surface area contributed by atoms with Gasteiger partial charge in [-0.25, -0.2) is 0 Å². The van der Waals surface area contributed by atoms with E-state index in [9.17, 15) is 0 Å². The Bertz CT molecular complexity index is 289. The molecule has 1 aliphatic heterocycles. The second kappa shape index (κ2) is 4.14. The number of nitrogens with one attached hydrogen (secondary N) is 1. The molecule has 14 heavy (non-hydrogen) atoms. The van der Waals surface area contributed by atoms with Crippen LogP contribution in [0.5, 0.6) is 0 Å². The molecule has 2 rings (SSSR count). The van der Waals surface area contributed by atoms with Gasteiger partial charge in [0.25, 0.3) is 0 Å². The zero-order chi connectivity index (χ0) is 9.97. The van der Waals surface area contributed by atoms with E-state index in [1.165, 1.54) is 30.6 Å². The summed E-state index contributed by atoms with van der Waals surface area (Å²) in [6, 6.07) is 9.04. The van der Waals surface area contributed by atoms with E-state index in [2.05, 4.69) is 43.4 Å². The van der Waals surface area contributed by atoms with Crippen molar-refractivity contribution in [3.05, 3.63) is 35.4 Å². The van der Waals surface area contributed by atoms with E-state index in [4.69, 9.17) is 0 Å². The van der Waals surface area contributed by atoms with E-state index in [1.807, 2.05) is 0 Å². The second-order valence-corrected chi connectivity index (χ2v) is 4.49. The van der Waals surface area contributed by atoms with E-state index in [-0.39, 0.29) is 0 Å². The molecule has 0 saturated carbocycles. The minimum atomic E-state index is 0.761. The average molecular weight is 189 g/mol. The van der Waals surface area contributed by atoms with Crippen LogP contribution >= 0.6 is 0 Å². The summed E-state index contributed by atoms with van der Waals surface area (Å²) in [4.78, 5) is 0. The van der Waals surface area contributed by atoms with Gasteiger partial charge in [0, 0.05) is 0 Å². The lowest BCUT2D eigenvalue weighted by atomic mass is 9.82. The number of rotatable bonds is 1. The predicted molar refractivity (Wildman–Crippen MR) is 60.6 cm³/mol. The lowest BCUT2D eigenvalue weighted by molar-refractivity contribution is 0.349. The predicted octanol–water partition coefficient (Wildman–Crippen LogP) is 2.71. The van der Waals surface area contributed by atoms with Gasteiger partial charge in [-0.15, -0.1) is 0 Å². The summed E-state index contributed by atoms with van der Waals surface area (Å²) in [5.41, 5.74) is 2.87. The molecule has 0 radical (unpaired) electrons. The van der Waals surface area contributed by atoms with Crippen molar-refractivity contribution in [2.75, 3.05) is 13.1 Å². The first-order valence-electron chi connectivity index (χ1n) is 5.54. The topological polar surface area (TPSA) is 12.0 Å². The molecule has 0 amide bonds. The van der Waals surface area contributed by atoms with Crippen molar-refractivity contribution in [3.8, 4) is 0 Å². The Morgan fingerprint density at radius 2 is 1.93 bits per heavy atom. The Morgan fingerprint density at radius 3 is 2.57 bits per heavy atom. The first-order valence-corrected chi connectivity index (χ1v) is 5.54. The number of piperidine rings is 1. The van der Waals surface area contributed by atoms with Crippen molar-refractivity contribution >= 4 is 0 Å². The Balaban J connectivity index is 2.16. The molecule has 0 bridgehead atoms.